The topological polar surface area (TPSA) is 52.6 Å². The van der Waals surface area contributed by atoms with Crippen LogP contribution in [0.4, 0.5) is 11.4 Å². The molecule has 2 unspecified atom stereocenters. The number of rotatable bonds is 3. The van der Waals surface area contributed by atoms with Gasteiger partial charge in [0.25, 0.3) is 0 Å². The zero-order valence-electron chi connectivity index (χ0n) is 14.7. The summed E-state index contributed by atoms with van der Waals surface area (Å²) in [5.74, 6) is 0.353. The summed E-state index contributed by atoms with van der Waals surface area (Å²) in [6.07, 6.45) is 0. The maximum atomic E-state index is 11.7. The molecule has 0 radical (unpaired) electrons. The molecule has 2 N–H and O–H groups in total. The first kappa shape index (κ1) is 18.4. The summed E-state index contributed by atoms with van der Waals surface area (Å²) in [6.45, 7) is 8.41. The molecule has 0 aromatic heterocycles. The summed E-state index contributed by atoms with van der Waals surface area (Å²) in [5.41, 5.74) is 2.99. The number of anilines is 2. The molecule has 1 aliphatic heterocycles. The van der Waals surface area contributed by atoms with Crippen molar-refractivity contribution in [2.75, 3.05) is 16.5 Å². The molecule has 0 fully saturated rings. The molecule has 24 heavy (non-hydrogen) atoms. The Morgan fingerprint density at radius 2 is 1.88 bits per heavy atom. The zero-order chi connectivity index (χ0) is 17.7. The molecule has 0 aliphatic carbocycles. The lowest BCUT2D eigenvalue weighted by molar-refractivity contribution is -0.116. The predicted octanol–water partition coefficient (Wildman–Crippen LogP) is 4.22. The van der Waals surface area contributed by atoms with Crippen molar-refractivity contribution in [2.45, 2.75) is 33.6 Å². The van der Waals surface area contributed by atoms with Crippen LogP contribution in [0.5, 0.6) is 0 Å². The van der Waals surface area contributed by atoms with E-state index in [9.17, 15) is 9.69 Å². The molecule has 0 bridgehead atoms. The number of carbonyl (C=O) groups excluding carboxylic acids is 1. The fraction of sp³-hybridized carbons (Fsp3) is 0.316. The summed E-state index contributed by atoms with van der Waals surface area (Å²) in [4.78, 5) is 23.9. The molecule has 4 nitrogen and oxygen atoms in total. The number of amides is 1. The highest BCUT2D eigenvalue weighted by molar-refractivity contribution is 7.61. The van der Waals surface area contributed by atoms with Gasteiger partial charge in [-0.05, 0) is 35.9 Å². The van der Waals surface area contributed by atoms with Gasteiger partial charge in [-0.2, -0.15) is 0 Å². The number of hydrogen-bond donors (Lipinski definition) is 2. The highest BCUT2D eigenvalue weighted by Crippen LogP contribution is 2.38. The highest BCUT2D eigenvalue weighted by atomic mass is 31.2. The van der Waals surface area contributed by atoms with Gasteiger partial charge in [-0.15, -0.1) is 0 Å². The van der Waals surface area contributed by atoms with E-state index in [1.165, 1.54) is 0 Å². The first-order valence-corrected chi connectivity index (χ1v) is 9.58. The van der Waals surface area contributed by atoms with Gasteiger partial charge < -0.3 is 14.9 Å². The van der Waals surface area contributed by atoms with Crippen LogP contribution in [0.2, 0.25) is 0 Å². The van der Waals surface area contributed by atoms with Crippen LogP contribution in [0, 0.1) is 0 Å². The van der Waals surface area contributed by atoms with Crippen LogP contribution < -0.4 is 15.3 Å². The maximum absolute atomic E-state index is 11.7. The lowest BCUT2D eigenvalue weighted by Crippen LogP contribution is -2.26. The molecule has 0 saturated heterocycles. The Morgan fingerprint density at radius 1 is 1.21 bits per heavy atom. The van der Waals surface area contributed by atoms with E-state index < -0.39 is 8.30 Å². The van der Waals surface area contributed by atoms with Crippen LogP contribution in [0.25, 0.3) is 0 Å². The molecule has 1 heterocycles. The third-order valence-corrected chi connectivity index (χ3v) is 5.16. The van der Waals surface area contributed by atoms with E-state index in [1.807, 2.05) is 62.4 Å². The van der Waals surface area contributed by atoms with Crippen LogP contribution in [0.15, 0.2) is 48.5 Å². The molecule has 3 rings (SSSR count). The molecule has 1 amide bonds. The van der Waals surface area contributed by atoms with Crippen molar-refractivity contribution in [2.24, 2.45) is 0 Å². The summed E-state index contributed by atoms with van der Waals surface area (Å²) < 4.78 is 0. The van der Waals surface area contributed by atoms with E-state index in [0.717, 1.165) is 22.2 Å². The number of benzene rings is 2. The maximum Gasteiger partial charge on any atom is 0.223 e. The molecule has 2 aromatic rings. The van der Waals surface area contributed by atoms with Crippen LogP contribution in [-0.4, -0.2) is 17.3 Å². The Bertz CT molecular complexity index is 691. The van der Waals surface area contributed by atoms with Crippen molar-refractivity contribution in [3.8, 4) is 0 Å². The van der Waals surface area contributed by atoms with Crippen LogP contribution >= 0.6 is 8.30 Å². The number of nitrogens with one attached hydrogen (secondary N) is 1. The first-order valence-electron chi connectivity index (χ1n) is 8.29. The second kappa shape index (κ2) is 8.27. The Balaban J connectivity index is 0.00000100. The monoisotopic (exact) mass is 344 g/mol. The number of carbonyl (C=O) groups is 1. The lowest BCUT2D eigenvalue weighted by atomic mass is 10.0. The standard InChI is InChI=1S/C17H19N2O2P.C2H6/c1-12-11-19(13(2)20)17-9-8-15(10-16(12)17)22(21)18-14-6-4-3-5-7-14;1-2/h3-10,12,18,21H,11H2,1-2H3;1-2H3. The number of para-hydroxylation sites is 1. The average Bonchev–Trinajstić information content (AvgIpc) is 2.94. The largest absolute Gasteiger partial charge is 0.351 e. The van der Waals surface area contributed by atoms with Crippen molar-refractivity contribution < 1.29 is 9.69 Å². The van der Waals surface area contributed by atoms with Gasteiger partial charge >= 0.3 is 0 Å². The Morgan fingerprint density at radius 3 is 2.50 bits per heavy atom. The Hall–Kier alpha value is -1.90. The fourth-order valence-corrected chi connectivity index (χ4v) is 3.78. The molecule has 2 aromatic carbocycles. The Kier molecular flexibility index (Phi) is 6.36. The van der Waals surface area contributed by atoms with Gasteiger partial charge in [0, 0.05) is 36.1 Å². The van der Waals surface area contributed by atoms with E-state index in [1.54, 1.807) is 11.8 Å². The molecule has 128 valence electrons. The number of fused-ring (bicyclic) bond motifs is 1. The predicted molar refractivity (Wildman–Crippen MR) is 103 cm³/mol. The third kappa shape index (κ3) is 3.95. The van der Waals surface area contributed by atoms with Crippen LogP contribution in [-0.2, 0) is 4.79 Å². The van der Waals surface area contributed by atoms with Crippen molar-refractivity contribution in [1.29, 1.82) is 0 Å². The van der Waals surface area contributed by atoms with Crippen LogP contribution in [0.3, 0.4) is 0 Å². The van der Waals surface area contributed by atoms with E-state index in [-0.39, 0.29) is 5.91 Å². The van der Waals surface area contributed by atoms with Gasteiger partial charge in [0.15, 0.2) is 8.30 Å². The minimum absolute atomic E-state index is 0.0621. The lowest BCUT2D eigenvalue weighted by Gasteiger charge is -2.17. The smallest absolute Gasteiger partial charge is 0.223 e. The van der Waals surface area contributed by atoms with E-state index in [4.69, 9.17) is 0 Å². The van der Waals surface area contributed by atoms with Gasteiger partial charge in [0.1, 0.15) is 0 Å². The third-order valence-electron chi connectivity index (χ3n) is 3.92. The quantitative estimate of drug-likeness (QED) is 0.820. The molecule has 1 aliphatic rings. The minimum atomic E-state index is -1.46. The van der Waals surface area contributed by atoms with Crippen molar-refractivity contribution >= 4 is 30.9 Å². The van der Waals surface area contributed by atoms with Gasteiger partial charge in [-0.1, -0.05) is 39.0 Å². The summed E-state index contributed by atoms with van der Waals surface area (Å²) in [6, 6.07) is 15.5. The van der Waals surface area contributed by atoms with E-state index >= 15 is 0 Å². The highest BCUT2D eigenvalue weighted by Gasteiger charge is 2.28. The normalized spacial score (nSPS) is 16.7. The summed E-state index contributed by atoms with van der Waals surface area (Å²) in [7, 11) is -1.46. The molecule has 2 atom stereocenters. The van der Waals surface area contributed by atoms with Crippen molar-refractivity contribution in [3.63, 3.8) is 0 Å². The number of nitrogens with zero attached hydrogens (tertiary/aromatic N) is 1. The number of hydrogen-bond acceptors (Lipinski definition) is 3. The zero-order valence-corrected chi connectivity index (χ0v) is 15.5. The SMILES string of the molecule is CC.CC(=O)N1CC(C)c2cc(P(O)Nc3ccccc3)ccc21. The first-order chi connectivity index (χ1) is 11.6. The summed E-state index contributed by atoms with van der Waals surface area (Å²) in [5, 5.41) is 4.01. The molecule has 5 heteroatoms. The van der Waals surface area contributed by atoms with Crippen molar-refractivity contribution in [3.05, 3.63) is 54.1 Å². The van der Waals surface area contributed by atoms with E-state index in [2.05, 4.69) is 12.0 Å². The van der Waals surface area contributed by atoms with E-state index in [0.29, 0.717) is 12.5 Å². The molecular weight excluding hydrogens is 319 g/mol. The van der Waals surface area contributed by atoms with Gasteiger partial charge in [-0.25, -0.2) is 0 Å². The molecular formula is C19H25N2O2P. The van der Waals surface area contributed by atoms with Gasteiger partial charge in [0.2, 0.25) is 5.91 Å². The molecule has 0 spiro atoms. The average molecular weight is 344 g/mol. The Labute approximate surface area is 145 Å². The second-order valence-corrected chi connectivity index (χ2v) is 6.93. The van der Waals surface area contributed by atoms with Crippen molar-refractivity contribution in [1.82, 2.24) is 0 Å². The summed E-state index contributed by atoms with van der Waals surface area (Å²) >= 11 is 0. The van der Waals surface area contributed by atoms with Gasteiger partial charge in [0.05, 0.1) is 0 Å². The van der Waals surface area contributed by atoms with Crippen LogP contribution in [0.1, 0.15) is 39.2 Å². The fourth-order valence-electron chi connectivity index (χ4n) is 2.78. The molecule has 0 saturated carbocycles. The minimum Gasteiger partial charge on any atom is -0.351 e. The second-order valence-electron chi connectivity index (χ2n) is 5.56. The van der Waals surface area contributed by atoms with Gasteiger partial charge in [-0.3, -0.25) is 4.79 Å².